The van der Waals surface area contributed by atoms with Crippen molar-refractivity contribution in [1.29, 1.82) is 0 Å². The fourth-order valence-corrected chi connectivity index (χ4v) is 2.34. The highest BCUT2D eigenvalue weighted by atomic mass is 79.9. The predicted molar refractivity (Wildman–Crippen MR) is 76.0 cm³/mol. The Labute approximate surface area is 112 Å². The summed E-state index contributed by atoms with van der Waals surface area (Å²) in [4.78, 5) is 0. The minimum atomic E-state index is 0.584. The van der Waals surface area contributed by atoms with Gasteiger partial charge in [-0.2, -0.15) is 12.6 Å². The predicted octanol–water partition coefficient (Wildman–Crippen LogP) is 4.31. The van der Waals surface area contributed by atoms with Crippen LogP contribution < -0.4 is 0 Å². The highest BCUT2D eigenvalue weighted by Gasteiger charge is 2.05. The van der Waals surface area contributed by atoms with Crippen molar-refractivity contribution in [2.45, 2.75) is 26.4 Å². The van der Waals surface area contributed by atoms with Gasteiger partial charge in [-0.15, -0.1) is 0 Å². The summed E-state index contributed by atoms with van der Waals surface area (Å²) in [5, 5.41) is 0. The van der Waals surface area contributed by atoms with E-state index in [0.717, 1.165) is 16.8 Å². The minimum Gasteiger partial charge on any atom is -0.376 e. The Morgan fingerprint density at radius 2 is 2.25 bits per heavy atom. The molecule has 1 aromatic rings. The smallest absolute Gasteiger partial charge is 0.0717 e. The van der Waals surface area contributed by atoms with Crippen LogP contribution in [0.2, 0.25) is 0 Å². The highest BCUT2D eigenvalue weighted by Crippen LogP contribution is 2.14. The summed E-state index contributed by atoms with van der Waals surface area (Å²) in [6.45, 7) is 3.70. The van der Waals surface area contributed by atoms with Gasteiger partial charge in [0.1, 0.15) is 0 Å². The second-order valence-corrected chi connectivity index (χ2v) is 5.26. The van der Waals surface area contributed by atoms with Crippen molar-refractivity contribution in [3.63, 3.8) is 0 Å². The van der Waals surface area contributed by atoms with Gasteiger partial charge in [0.2, 0.25) is 0 Å². The Morgan fingerprint density at radius 1 is 1.44 bits per heavy atom. The number of halogens is 1. The zero-order chi connectivity index (χ0) is 11.8. The van der Waals surface area contributed by atoms with Gasteiger partial charge in [0.05, 0.1) is 13.2 Å². The molecular formula is C13H19BrOS. The van der Waals surface area contributed by atoms with E-state index < -0.39 is 0 Å². The largest absolute Gasteiger partial charge is 0.376 e. The van der Waals surface area contributed by atoms with Gasteiger partial charge in [-0.05, 0) is 35.8 Å². The van der Waals surface area contributed by atoms with Crippen molar-refractivity contribution < 1.29 is 4.74 Å². The van der Waals surface area contributed by atoms with Crippen molar-refractivity contribution in [3.05, 3.63) is 34.3 Å². The van der Waals surface area contributed by atoms with Crippen molar-refractivity contribution in [2.24, 2.45) is 5.92 Å². The molecule has 0 spiro atoms. The zero-order valence-corrected chi connectivity index (χ0v) is 12.1. The van der Waals surface area contributed by atoms with Crippen LogP contribution in [-0.4, -0.2) is 12.4 Å². The molecule has 0 aromatic heterocycles. The molecule has 0 fully saturated rings. The van der Waals surface area contributed by atoms with Gasteiger partial charge in [0.25, 0.3) is 0 Å². The zero-order valence-electron chi connectivity index (χ0n) is 9.66. The molecule has 0 amide bonds. The number of hydrogen-bond acceptors (Lipinski definition) is 2. The van der Waals surface area contributed by atoms with E-state index in [9.17, 15) is 0 Å². The molecule has 1 unspecified atom stereocenters. The van der Waals surface area contributed by atoms with Crippen molar-refractivity contribution in [3.8, 4) is 0 Å². The Balaban J connectivity index is 2.29. The Bertz CT molecular complexity index is 304. The number of thiol groups is 1. The summed E-state index contributed by atoms with van der Waals surface area (Å²) in [5.41, 5.74) is 1.21. The molecule has 0 aliphatic heterocycles. The lowest BCUT2D eigenvalue weighted by Crippen LogP contribution is -2.11. The molecule has 0 radical (unpaired) electrons. The van der Waals surface area contributed by atoms with Crippen LogP contribution in [0, 0.1) is 5.92 Å². The number of benzene rings is 1. The van der Waals surface area contributed by atoms with E-state index in [2.05, 4.69) is 47.6 Å². The second-order valence-electron chi connectivity index (χ2n) is 3.98. The molecule has 3 heteroatoms. The van der Waals surface area contributed by atoms with Gasteiger partial charge in [0.15, 0.2) is 0 Å². The van der Waals surface area contributed by atoms with Gasteiger partial charge in [0, 0.05) is 4.47 Å². The summed E-state index contributed by atoms with van der Waals surface area (Å²) in [6, 6.07) is 8.23. The van der Waals surface area contributed by atoms with Gasteiger partial charge in [-0.1, -0.05) is 41.4 Å². The first-order chi connectivity index (χ1) is 7.76. The maximum absolute atomic E-state index is 5.71. The lowest BCUT2D eigenvalue weighted by Gasteiger charge is -2.13. The van der Waals surface area contributed by atoms with Crippen LogP contribution in [0.3, 0.4) is 0 Å². The van der Waals surface area contributed by atoms with Crippen molar-refractivity contribution in [2.75, 3.05) is 12.4 Å². The van der Waals surface area contributed by atoms with E-state index in [-0.39, 0.29) is 0 Å². The molecule has 0 aliphatic rings. The molecular weight excluding hydrogens is 284 g/mol. The van der Waals surface area contributed by atoms with Crippen LogP contribution in [0.15, 0.2) is 28.7 Å². The quantitative estimate of drug-likeness (QED) is 0.738. The molecule has 0 aliphatic carbocycles. The monoisotopic (exact) mass is 302 g/mol. The number of hydrogen-bond donors (Lipinski definition) is 1. The Hall–Kier alpha value is 0.01000. The first kappa shape index (κ1) is 14.1. The SMILES string of the molecule is CCCC(CS)COCc1cccc(Br)c1. The summed E-state index contributed by atoms with van der Waals surface area (Å²) < 4.78 is 6.82. The second kappa shape index (κ2) is 8.15. The number of ether oxygens (including phenoxy) is 1. The molecule has 0 bridgehead atoms. The van der Waals surface area contributed by atoms with Gasteiger partial charge < -0.3 is 4.74 Å². The topological polar surface area (TPSA) is 9.23 Å². The lowest BCUT2D eigenvalue weighted by molar-refractivity contribution is 0.0908. The van der Waals surface area contributed by atoms with Crippen LogP contribution >= 0.6 is 28.6 Å². The van der Waals surface area contributed by atoms with Gasteiger partial charge in [-0.25, -0.2) is 0 Å². The van der Waals surface area contributed by atoms with E-state index in [4.69, 9.17) is 4.74 Å². The van der Waals surface area contributed by atoms with Gasteiger partial charge in [-0.3, -0.25) is 0 Å². The molecule has 0 saturated heterocycles. The third-order valence-electron chi connectivity index (χ3n) is 2.47. The van der Waals surface area contributed by atoms with Gasteiger partial charge >= 0.3 is 0 Å². The normalized spacial score (nSPS) is 12.7. The molecule has 0 N–H and O–H groups in total. The van der Waals surface area contributed by atoms with Crippen LogP contribution in [0.1, 0.15) is 25.3 Å². The van der Waals surface area contributed by atoms with E-state index in [1.54, 1.807) is 0 Å². The van der Waals surface area contributed by atoms with E-state index in [1.165, 1.54) is 18.4 Å². The molecule has 1 aromatic carbocycles. The maximum Gasteiger partial charge on any atom is 0.0717 e. The molecule has 1 rings (SSSR count). The van der Waals surface area contributed by atoms with Crippen LogP contribution in [0.25, 0.3) is 0 Å². The van der Waals surface area contributed by atoms with Crippen LogP contribution in [0.5, 0.6) is 0 Å². The third kappa shape index (κ3) is 5.37. The molecule has 0 heterocycles. The third-order valence-corrected chi connectivity index (χ3v) is 3.48. The van der Waals surface area contributed by atoms with Crippen LogP contribution in [0.4, 0.5) is 0 Å². The summed E-state index contributed by atoms with van der Waals surface area (Å²) in [7, 11) is 0. The Kier molecular flexibility index (Phi) is 7.17. The van der Waals surface area contributed by atoms with E-state index in [0.29, 0.717) is 12.5 Å². The molecule has 1 atom stereocenters. The summed E-state index contributed by atoms with van der Waals surface area (Å²) in [5.74, 6) is 1.49. The maximum atomic E-state index is 5.71. The first-order valence-electron chi connectivity index (χ1n) is 5.69. The number of rotatable bonds is 7. The highest BCUT2D eigenvalue weighted by molar-refractivity contribution is 9.10. The molecule has 16 heavy (non-hydrogen) atoms. The minimum absolute atomic E-state index is 0.584. The summed E-state index contributed by atoms with van der Waals surface area (Å²) >= 11 is 7.79. The summed E-state index contributed by atoms with van der Waals surface area (Å²) in [6.07, 6.45) is 2.40. The standard InChI is InChI=1S/C13H19BrOS/c1-2-4-12(10-16)9-15-8-11-5-3-6-13(14)7-11/h3,5-7,12,16H,2,4,8-10H2,1H3. The molecule has 0 saturated carbocycles. The van der Waals surface area contributed by atoms with Crippen molar-refractivity contribution in [1.82, 2.24) is 0 Å². The van der Waals surface area contributed by atoms with Crippen molar-refractivity contribution >= 4 is 28.6 Å². The molecule has 90 valence electrons. The Morgan fingerprint density at radius 3 is 2.88 bits per heavy atom. The molecule has 1 nitrogen and oxygen atoms in total. The lowest BCUT2D eigenvalue weighted by atomic mass is 10.1. The van der Waals surface area contributed by atoms with E-state index >= 15 is 0 Å². The van der Waals surface area contributed by atoms with E-state index in [1.807, 2.05) is 12.1 Å². The first-order valence-corrected chi connectivity index (χ1v) is 7.11. The average molecular weight is 303 g/mol. The fourth-order valence-electron chi connectivity index (χ4n) is 1.61. The fraction of sp³-hybridized carbons (Fsp3) is 0.538. The van der Waals surface area contributed by atoms with Crippen LogP contribution in [-0.2, 0) is 11.3 Å². The average Bonchev–Trinajstić information content (AvgIpc) is 2.28.